The minimum atomic E-state index is -1.05. The maximum absolute atomic E-state index is 12.9. The standard InChI is InChI=1S/C25H36N6O4/c1-17-4-7-20-14-22(17)35-13-3-10-31-16-21(28-29-31)8-11-30(15-19-5-6-19)12-9-26-25(34)23(18(2)32)27-24(20)33/h4,7,14,16,18-19,23,32H,3,5-6,8-13,15H2,1-2H3,(H,26,34)(H,27,33)/t18-,23+/m1/s1. The molecule has 2 aromatic rings. The summed E-state index contributed by atoms with van der Waals surface area (Å²) in [6.45, 7) is 7.52. The SMILES string of the molecule is Cc1ccc2cc1OCCCn1cc(nn1)CCN(CC1CC1)CCNC(=O)[C@H]([C@@H](C)O)NC2=O. The molecule has 10 nitrogen and oxygen atoms in total. The Bertz CT molecular complexity index is 1020. The topological polar surface area (TPSA) is 122 Å². The highest BCUT2D eigenvalue weighted by molar-refractivity contribution is 5.98. The third kappa shape index (κ3) is 7.25. The van der Waals surface area contributed by atoms with E-state index in [0.717, 1.165) is 43.1 Å². The summed E-state index contributed by atoms with van der Waals surface area (Å²) in [5, 5.41) is 24.3. The molecule has 3 N–H and O–H groups in total. The van der Waals surface area contributed by atoms with E-state index in [2.05, 4.69) is 25.8 Å². The number of benzene rings is 1. The van der Waals surface area contributed by atoms with Gasteiger partial charge in [0.05, 0.1) is 18.4 Å². The monoisotopic (exact) mass is 484 g/mol. The Kier molecular flexibility index (Phi) is 8.35. The molecule has 1 aliphatic carbocycles. The van der Waals surface area contributed by atoms with E-state index in [9.17, 15) is 14.7 Å². The second kappa shape index (κ2) is 11.6. The molecule has 4 rings (SSSR count). The molecule has 4 bridgehead atoms. The van der Waals surface area contributed by atoms with Gasteiger partial charge in [0.1, 0.15) is 11.8 Å². The van der Waals surface area contributed by atoms with Crippen molar-refractivity contribution in [2.75, 3.05) is 32.8 Å². The fourth-order valence-corrected chi connectivity index (χ4v) is 4.18. The average Bonchev–Trinajstić information content (AvgIpc) is 3.53. The molecule has 0 radical (unpaired) electrons. The fraction of sp³-hybridized carbons (Fsp3) is 0.600. The third-order valence-electron chi connectivity index (χ3n) is 6.50. The number of rotatable bonds is 3. The molecule has 1 saturated carbocycles. The van der Waals surface area contributed by atoms with E-state index in [1.165, 1.54) is 19.8 Å². The van der Waals surface area contributed by atoms with Crippen molar-refractivity contribution in [2.24, 2.45) is 5.92 Å². The van der Waals surface area contributed by atoms with E-state index in [4.69, 9.17) is 4.74 Å². The van der Waals surface area contributed by atoms with Crippen LogP contribution in [0.2, 0.25) is 0 Å². The summed E-state index contributed by atoms with van der Waals surface area (Å²) >= 11 is 0. The van der Waals surface area contributed by atoms with Gasteiger partial charge in [-0.2, -0.15) is 0 Å². The van der Waals surface area contributed by atoms with Gasteiger partial charge in [0.15, 0.2) is 0 Å². The normalized spacial score (nSPS) is 22.0. The van der Waals surface area contributed by atoms with E-state index >= 15 is 0 Å². The highest BCUT2D eigenvalue weighted by atomic mass is 16.5. The largest absolute Gasteiger partial charge is 0.493 e. The molecule has 1 fully saturated rings. The maximum atomic E-state index is 12.9. The van der Waals surface area contributed by atoms with Crippen LogP contribution in [0.1, 0.15) is 47.8 Å². The quantitative estimate of drug-likeness (QED) is 0.592. The number of aliphatic hydroxyl groups is 1. The summed E-state index contributed by atoms with van der Waals surface area (Å²) in [5.74, 6) is 0.493. The molecular weight excluding hydrogens is 448 g/mol. The van der Waals surface area contributed by atoms with Crippen LogP contribution in [-0.4, -0.2) is 81.7 Å². The van der Waals surface area contributed by atoms with Gasteiger partial charge in [-0.25, -0.2) is 0 Å². The van der Waals surface area contributed by atoms with E-state index in [-0.39, 0.29) is 0 Å². The van der Waals surface area contributed by atoms with E-state index in [0.29, 0.717) is 37.6 Å². The van der Waals surface area contributed by atoms with Crippen molar-refractivity contribution in [2.45, 2.75) is 58.2 Å². The number of amides is 2. The molecule has 1 aromatic carbocycles. The van der Waals surface area contributed by atoms with Crippen LogP contribution < -0.4 is 15.4 Å². The molecule has 190 valence electrons. The molecule has 10 heteroatoms. The van der Waals surface area contributed by atoms with Gasteiger partial charge < -0.3 is 25.4 Å². The zero-order valence-electron chi connectivity index (χ0n) is 20.6. The summed E-state index contributed by atoms with van der Waals surface area (Å²) in [6.07, 6.45) is 4.98. The summed E-state index contributed by atoms with van der Waals surface area (Å²) < 4.78 is 7.77. The molecule has 2 aliphatic rings. The number of nitrogens with one attached hydrogen (secondary N) is 2. The van der Waals surface area contributed by atoms with E-state index in [1.807, 2.05) is 23.9 Å². The summed E-state index contributed by atoms with van der Waals surface area (Å²) in [6, 6.07) is 4.12. The maximum Gasteiger partial charge on any atom is 0.252 e. The van der Waals surface area contributed by atoms with Crippen molar-refractivity contribution in [3.63, 3.8) is 0 Å². The Morgan fingerprint density at radius 3 is 2.83 bits per heavy atom. The van der Waals surface area contributed by atoms with Gasteiger partial charge in [0.2, 0.25) is 5.91 Å². The number of ether oxygens (including phenoxy) is 1. The first-order chi connectivity index (χ1) is 16.9. The van der Waals surface area contributed by atoms with Gasteiger partial charge in [-0.3, -0.25) is 14.3 Å². The molecule has 2 amide bonds. The lowest BCUT2D eigenvalue weighted by Gasteiger charge is -2.24. The Balaban J connectivity index is 1.50. The average molecular weight is 485 g/mol. The zero-order chi connectivity index (χ0) is 24.8. The number of carbonyl (C=O) groups is 2. The molecular formula is C25H36N6O4. The van der Waals surface area contributed by atoms with Crippen molar-refractivity contribution < 1.29 is 19.4 Å². The number of fused-ring (bicyclic) bond motifs is 4. The number of aromatic nitrogens is 3. The van der Waals surface area contributed by atoms with Gasteiger partial charge in [-0.15, -0.1) is 5.10 Å². The minimum absolute atomic E-state index is 0.370. The number of carbonyl (C=O) groups excluding carboxylic acids is 2. The second-order valence-electron chi connectivity index (χ2n) is 9.63. The Morgan fingerprint density at radius 1 is 1.23 bits per heavy atom. The van der Waals surface area contributed by atoms with Crippen LogP contribution in [0.4, 0.5) is 0 Å². The van der Waals surface area contributed by atoms with Gasteiger partial charge in [0.25, 0.3) is 5.91 Å². The van der Waals surface area contributed by atoms with Gasteiger partial charge in [0, 0.05) is 57.3 Å². The molecule has 0 spiro atoms. The lowest BCUT2D eigenvalue weighted by atomic mass is 10.1. The molecule has 1 aromatic heterocycles. The number of aliphatic hydroxyl groups excluding tert-OH is 1. The smallest absolute Gasteiger partial charge is 0.252 e. The molecule has 35 heavy (non-hydrogen) atoms. The van der Waals surface area contributed by atoms with E-state index in [1.54, 1.807) is 12.1 Å². The molecule has 1 aliphatic heterocycles. The predicted octanol–water partition coefficient (Wildman–Crippen LogP) is 0.919. The lowest BCUT2D eigenvalue weighted by Crippen LogP contribution is -2.53. The van der Waals surface area contributed by atoms with Gasteiger partial charge in [-0.1, -0.05) is 11.3 Å². The molecule has 0 unspecified atom stereocenters. The van der Waals surface area contributed by atoms with Crippen LogP contribution >= 0.6 is 0 Å². The van der Waals surface area contributed by atoms with Crippen molar-refractivity contribution >= 4 is 11.8 Å². The Labute approximate surface area is 206 Å². The summed E-state index contributed by atoms with van der Waals surface area (Å²) in [7, 11) is 0. The number of aryl methyl sites for hydroxylation is 2. The van der Waals surface area contributed by atoms with Crippen LogP contribution in [0, 0.1) is 12.8 Å². The van der Waals surface area contributed by atoms with Crippen molar-refractivity contribution in [3.05, 3.63) is 41.2 Å². The zero-order valence-corrected chi connectivity index (χ0v) is 20.6. The number of hydrogen-bond donors (Lipinski definition) is 3. The number of nitrogens with zero attached hydrogens (tertiary/aromatic N) is 4. The van der Waals surface area contributed by atoms with Crippen molar-refractivity contribution in [1.82, 2.24) is 30.5 Å². The predicted molar refractivity (Wildman–Crippen MR) is 130 cm³/mol. The third-order valence-corrected chi connectivity index (χ3v) is 6.50. The molecule has 2 heterocycles. The van der Waals surface area contributed by atoms with Crippen LogP contribution in [0.15, 0.2) is 24.4 Å². The highest BCUT2D eigenvalue weighted by Gasteiger charge is 2.27. The number of hydrogen-bond acceptors (Lipinski definition) is 7. The Morgan fingerprint density at radius 2 is 2.06 bits per heavy atom. The van der Waals surface area contributed by atoms with Crippen LogP contribution in [0.5, 0.6) is 5.75 Å². The van der Waals surface area contributed by atoms with Crippen molar-refractivity contribution in [1.29, 1.82) is 0 Å². The van der Waals surface area contributed by atoms with Crippen LogP contribution in [0.25, 0.3) is 0 Å². The fourth-order valence-electron chi connectivity index (χ4n) is 4.18. The van der Waals surface area contributed by atoms with Crippen LogP contribution in [0.3, 0.4) is 0 Å². The second-order valence-corrected chi connectivity index (χ2v) is 9.63. The minimum Gasteiger partial charge on any atom is -0.493 e. The van der Waals surface area contributed by atoms with Crippen LogP contribution in [-0.2, 0) is 17.8 Å². The van der Waals surface area contributed by atoms with Gasteiger partial charge >= 0.3 is 0 Å². The summed E-state index contributed by atoms with van der Waals surface area (Å²) in [5.41, 5.74) is 2.23. The van der Waals surface area contributed by atoms with Gasteiger partial charge in [-0.05, 0) is 50.3 Å². The Hall–Kier alpha value is -2.98. The van der Waals surface area contributed by atoms with Crippen molar-refractivity contribution in [3.8, 4) is 5.75 Å². The highest BCUT2D eigenvalue weighted by Crippen LogP contribution is 2.29. The van der Waals surface area contributed by atoms with E-state index < -0.39 is 24.0 Å². The first-order valence-corrected chi connectivity index (χ1v) is 12.5. The summed E-state index contributed by atoms with van der Waals surface area (Å²) in [4.78, 5) is 28.1. The lowest BCUT2D eigenvalue weighted by molar-refractivity contribution is -0.125. The molecule has 2 atom stereocenters. The molecule has 0 saturated heterocycles. The first-order valence-electron chi connectivity index (χ1n) is 12.5. The first kappa shape index (κ1) is 25.1.